The molecule has 2 N–H and O–H groups in total. The molecular formula is C15H25N3O2. The molecule has 0 atom stereocenters. The first-order valence-electron chi connectivity index (χ1n) is 7.16. The van der Waals surface area contributed by atoms with E-state index in [1.165, 1.54) is 0 Å². The summed E-state index contributed by atoms with van der Waals surface area (Å²) in [4.78, 5) is 4.71. The van der Waals surface area contributed by atoms with Crippen LogP contribution >= 0.6 is 0 Å². The minimum Gasteiger partial charge on any atom is -0.507 e. The summed E-state index contributed by atoms with van der Waals surface area (Å²) < 4.78 is 5.10. The molecule has 1 heterocycles. The number of rotatable bonds is 6. The van der Waals surface area contributed by atoms with Crippen LogP contribution in [0, 0.1) is 0 Å². The maximum Gasteiger partial charge on any atom is 0.123 e. The van der Waals surface area contributed by atoms with E-state index in [0.717, 1.165) is 51.4 Å². The van der Waals surface area contributed by atoms with Crippen LogP contribution in [0.25, 0.3) is 0 Å². The van der Waals surface area contributed by atoms with Crippen molar-refractivity contribution < 1.29 is 9.84 Å². The largest absolute Gasteiger partial charge is 0.507 e. The summed E-state index contributed by atoms with van der Waals surface area (Å²) in [5.74, 6) is 0.994. The molecule has 5 nitrogen and oxygen atoms in total. The van der Waals surface area contributed by atoms with Gasteiger partial charge in [0.1, 0.15) is 11.5 Å². The SMILES string of the molecule is COc1ccc(CN(C)CCN2CCNCC2)c(O)c1. The third-order valence-electron chi connectivity index (χ3n) is 3.74. The molecule has 1 aliphatic heterocycles. The van der Waals surface area contributed by atoms with Crippen molar-refractivity contribution >= 4 is 0 Å². The van der Waals surface area contributed by atoms with Crippen molar-refractivity contribution in [2.75, 3.05) is 53.4 Å². The van der Waals surface area contributed by atoms with Gasteiger partial charge in [0.05, 0.1) is 7.11 Å². The molecule has 20 heavy (non-hydrogen) atoms. The summed E-state index contributed by atoms with van der Waals surface area (Å²) in [5, 5.41) is 13.3. The number of nitrogens with one attached hydrogen (secondary N) is 1. The second-order valence-corrected chi connectivity index (χ2v) is 5.32. The summed E-state index contributed by atoms with van der Waals surface area (Å²) in [5.41, 5.74) is 0.939. The van der Waals surface area contributed by atoms with Crippen LogP contribution in [0.5, 0.6) is 11.5 Å². The highest BCUT2D eigenvalue weighted by atomic mass is 16.5. The van der Waals surface area contributed by atoms with Crippen molar-refractivity contribution in [1.29, 1.82) is 0 Å². The molecule has 0 amide bonds. The van der Waals surface area contributed by atoms with E-state index in [4.69, 9.17) is 4.74 Å². The van der Waals surface area contributed by atoms with Gasteiger partial charge in [-0.05, 0) is 13.1 Å². The Hall–Kier alpha value is -1.30. The normalized spacial score (nSPS) is 16.6. The van der Waals surface area contributed by atoms with Crippen molar-refractivity contribution in [1.82, 2.24) is 15.1 Å². The van der Waals surface area contributed by atoms with E-state index in [1.807, 2.05) is 12.1 Å². The molecule has 5 heteroatoms. The van der Waals surface area contributed by atoms with Crippen molar-refractivity contribution in [2.45, 2.75) is 6.54 Å². The second-order valence-electron chi connectivity index (χ2n) is 5.32. The van der Waals surface area contributed by atoms with Gasteiger partial charge in [-0.15, -0.1) is 0 Å². The van der Waals surface area contributed by atoms with Gasteiger partial charge < -0.3 is 20.1 Å². The van der Waals surface area contributed by atoms with Crippen molar-refractivity contribution in [2.24, 2.45) is 0 Å². The van der Waals surface area contributed by atoms with Gasteiger partial charge in [-0.25, -0.2) is 0 Å². The Balaban J connectivity index is 1.80. The van der Waals surface area contributed by atoms with E-state index in [2.05, 4.69) is 22.2 Å². The Morgan fingerprint density at radius 1 is 1.35 bits per heavy atom. The van der Waals surface area contributed by atoms with Crippen LogP contribution in [0.4, 0.5) is 0 Å². The van der Waals surface area contributed by atoms with E-state index in [9.17, 15) is 5.11 Å². The Kier molecular flexibility index (Phi) is 5.64. The fourth-order valence-corrected chi connectivity index (χ4v) is 2.42. The predicted octanol–water partition coefficient (Wildman–Crippen LogP) is 0.738. The first kappa shape index (κ1) is 15.1. The molecule has 1 saturated heterocycles. The summed E-state index contributed by atoms with van der Waals surface area (Å²) in [7, 11) is 3.69. The van der Waals surface area contributed by atoms with Crippen molar-refractivity contribution in [3.63, 3.8) is 0 Å². The van der Waals surface area contributed by atoms with Gasteiger partial charge in [0.2, 0.25) is 0 Å². The summed E-state index contributed by atoms with van der Waals surface area (Å²) in [6, 6.07) is 5.48. The Morgan fingerprint density at radius 3 is 2.75 bits per heavy atom. The van der Waals surface area contributed by atoms with Crippen molar-refractivity contribution in [3.8, 4) is 11.5 Å². The lowest BCUT2D eigenvalue weighted by Gasteiger charge is -2.29. The number of ether oxygens (including phenoxy) is 1. The topological polar surface area (TPSA) is 48.0 Å². The Labute approximate surface area is 121 Å². The standard InChI is InChI=1S/C15H25N3O2/c1-17(9-10-18-7-5-16-6-8-18)12-13-3-4-14(20-2)11-15(13)19/h3-4,11,16,19H,5-10,12H2,1-2H3. The molecule has 1 aliphatic rings. The highest BCUT2D eigenvalue weighted by Crippen LogP contribution is 2.24. The molecule has 0 aromatic heterocycles. The average molecular weight is 279 g/mol. The van der Waals surface area contributed by atoms with Crippen LogP contribution in [0.1, 0.15) is 5.56 Å². The Bertz CT molecular complexity index is 420. The number of methoxy groups -OCH3 is 1. The van der Waals surface area contributed by atoms with E-state index in [-0.39, 0.29) is 0 Å². The maximum absolute atomic E-state index is 9.96. The van der Waals surface area contributed by atoms with Crippen LogP contribution in [-0.4, -0.2) is 68.3 Å². The number of phenols is 1. The first-order valence-corrected chi connectivity index (χ1v) is 7.16. The smallest absolute Gasteiger partial charge is 0.123 e. The molecule has 1 aromatic carbocycles. The zero-order valence-electron chi connectivity index (χ0n) is 12.4. The fourth-order valence-electron chi connectivity index (χ4n) is 2.42. The van der Waals surface area contributed by atoms with Crippen molar-refractivity contribution in [3.05, 3.63) is 23.8 Å². The quantitative estimate of drug-likeness (QED) is 0.804. The number of benzene rings is 1. The van der Waals surface area contributed by atoms with Crippen LogP contribution in [0.3, 0.4) is 0 Å². The van der Waals surface area contributed by atoms with Gasteiger partial charge in [0.25, 0.3) is 0 Å². The Morgan fingerprint density at radius 2 is 2.10 bits per heavy atom. The molecule has 2 rings (SSSR count). The number of aromatic hydroxyl groups is 1. The summed E-state index contributed by atoms with van der Waals surface area (Å²) in [6.07, 6.45) is 0. The number of likely N-dealkylation sites (N-methyl/N-ethyl adjacent to an activating group) is 1. The number of phenolic OH excluding ortho intramolecular Hbond substituents is 1. The molecule has 0 spiro atoms. The number of nitrogens with zero attached hydrogens (tertiary/aromatic N) is 2. The first-order chi connectivity index (χ1) is 9.69. The maximum atomic E-state index is 9.96. The van der Waals surface area contributed by atoms with E-state index in [1.54, 1.807) is 13.2 Å². The molecule has 0 bridgehead atoms. The number of piperazine rings is 1. The lowest BCUT2D eigenvalue weighted by atomic mass is 10.2. The lowest BCUT2D eigenvalue weighted by Crippen LogP contribution is -2.45. The molecule has 0 unspecified atom stereocenters. The molecular weight excluding hydrogens is 254 g/mol. The van der Waals surface area contributed by atoms with Crippen LogP contribution in [0.2, 0.25) is 0 Å². The van der Waals surface area contributed by atoms with Crippen LogP contribution in [0.15, 0.2) is 18.2 Å². The fraction of sp³-hybridized carbons (Fsp3) is 0.600. The molecule has 0 aliphatic carbocycles. The average Bonchev–Trinajstić information content (AvgIpc) is 2.48. The number of hydrogen-bond acceptors (Lipinski definition) is 5. The van der Waals surface area contributed by atoms with Gasteiger partial charge >= 0.3 is 0 Å². The second kappa shape index (κ2) is 7.47. The van der Waals surface area contributed by atoms with Gasteiger partial charge in [0, 0.05) is 57.4 Å². The van der Waals surface area contributed by atoms with E-state index >= 15 is 0 Å². The predicted molar refractivity (Wildman–Crippen MR) is 80.3 cm³/mol. The minimum atomic E-state index is 0.304. The summed E-state index contributed by atoms with van der Waals surface area (Å²) >= 11 is 0. The molecule has 0 radical (unpaired) electrons. The monoisotopic (exact) mass is 279 g/mol. The van der Waals surface area contributed by atoms with E-state index < -0.39 is 0 Å². The molecule has 112 valence electrons. The summed E-state index contributed by atoms with van der Waals surface area (Å²) in [6.45, 7) is 7.26. The van der Waals surface area contributed by atoms with Gasteiger partial charge in [0.15, 0.2) is 0 Å². The third kappa shape index (κ3) is 4.37. The van der Waals surface area contributed by atoms with Gasteiger partial charge in [-0.1, -0.05) is 6.07 Å². The van der Waals surface area contributed by atoms with Crippen LogP contribution < -0.4 is 10.1 Å². The minimum absolute atomic E-state index is 0.304. The highest BCUT2D eigenvalue weighted by Gasteiger charge is 2.11. The highest BCUT2D eigenvalue weighted by molar-refractivity contribution is 5.39. The third-order valence-corrected chi connectivity index (χ3v) is 3.74. The molecule has 0 saturated carbocycles. The van der Waals surface area contributed by atoms with Gasteiger partial charge in [-0.3, -0.25) is 4.90 Å². The molecule has 1 aromatic rings. The lowest BCUT2D eigenvalue weighted by molar-refractivity contribution is 0.201. The zero-order chi connectivity index (χ0) is 14.4. The number of hydrogen-bond donors (Lipinski definition) is 2. The molecule has 1 fully saturated rings. The zero-order valence-corrected chi connectivity index (χ0v) is 12.4. The van der Waals surface area contributed by atoms with E-state index in [0.29, 0.717) is 11.5 Å². The van der Waals surface area contributed by atoms with Crippen LogP contribution in [-0.2, 0) is 6.54 Å². The van der Waals surface area contributed by atoms with Gasteiger partial charge in [-0.2, -0.15) is 0 Å².